The monoisotopic (exact) mass is 683 g/mol. The molecule has 11 N–H and O–H groups in total. The molecule has 2 aliphatic heterocycles. The fourth-order valence-corrected chi connectivity index (χ4v) is 5.02. The maximum atomic E-state index is 11.9. The van der Waals surface area contributed by atoms with Crippen LogP contribution in [0.4, 0.5) is 0 Å². The Morgan fingerprint density at radius 1 is 0.833 bits per heavy atom. The van der Waals surface area contributed by atoms with Gasteiger partial charge in [-0.05, 0) is 0 Å². The number of carboxylic acids is 1. The highest BCUT2D eigenvalue weighted by atomic mass is 16.8. The number of hydrogen-bond donors (Lipinski definition) is 11. The lowest BCUT2D eigenvalue weighted by atomic mass is 9.98. The number of phenolic OH excluding ortho intramolecular Hbond substituents is 5. The zero-order valence-electron chi connectivity index (χ0n) is 24.4. The lowest BCUT2D eigenvalue weighted by Gasteiger charge is -2.44. The van der Waals surface area contributed by atoms with Gasteiger partial charge in [-0.2, -0.15) is 0 Å². The van der Waals surface area contributed by atoms with Gasteiger partial charge < -0.3 is 79.9 Å². The molecule has 9 atom stereocenters. The summed E-state index contributed by atoms with van der Waals surface area (Å²) in [5.41, 5.74) is -0.303. The lowest BCUT2D eigenvalue weighted by Crippen LogP contribution is -2.64. The normalized spacial score (nSPS) is 29.0. The number of carbonyl (C=O) groups excluding carboxylic acids is 1. The number of aliphatic carboxylic acids is 1. The standard InChI is InChI=1S/C29H30O19/c30-10-3-12(31)11-5-17(26(45-16(11)4-10)9-1-13(32)21(38)14(33)2-9)46-29-27(48-28-25(42)22(39)15(34)7-44-28)24(41)23(40)18(47-29)8-43-20(37)6-19(35)36/h1-5,15,18,22-25,27-29,34,39-42H,6-8H2,(H5-,30,31,32,33,35,36,38)/p+1/t15-,18-,22+,23-,24+,25-,27-,28+,29-/m1/s1. The molecule has 0 aliphatic carbocycles. The van der Waals surface area contributed by atoms with Crippen LogP contribution in [-0.2, 0) is 28.5 Å². The largest absolute Gasteiger partial charge is 0.507 e. The van der Waals surface area contributed by atoms with Crippen molar-refractivity contribution in [1.82, 2.24) is 0 Å². The topological polar surface area (TPSA) is 314 Å². The summed E-state index contributed by atoms with van der Waals surface area (Å²) in [5.74, 6) is -6.86. The molecule has 48 heavy (non-hydrogen) atoms. The first-order valence-electron chi connectivity index (χ1n) is 14.1. The molecule has 2 fully saturated rings. The van der Waals surface area contributed by atoms with Crippen molar-refractivity contribution in [3.8, 4) is 45.8 Å². The number of aromatic hydroxyl groups is 5. The Morgan fingerprint density at radius 2 is 1.52 bits per heavy atom. The van der Waals surface area contributed by atoms with Crippen molar-refractivity contribution < 1.29 is 93.9 Å². The highest BCUT2D eigenvalue weighted by Gasteiger charge is 2.51. The van der Waals surface area contributed by atoms with Crippen molar-refractivity contribution in [1.29, 1.82) is 0 Å². The summed E-state index contributed by atoms with van der Waals surface area (Å²) in [5, 5.41) is 112. The fraction of sp³-hybridized carbons (Fsp3) is 0.414. The first kappa shape index (κ1) is 34.6. The van der Waals surface area contributed by atoms with E-state index < -0.39 is 121 Å². The Bertz CT molecular complexity index is 1650. The van der Waals surface area contributed by atoms with E-state index in [9.17, 15) is 60.7 Å². The Hall–Kier alpha value is -4.73. The molecule has 0 bridgehead atoms. The van der Waals surface area contributed by atoms with Gasteiger partial charge >= 0.3 is 23.3 Å². The number of rotatable bonds is 9. The van der Waals surface area contributed by atoms with Crippen LogP contribution in [0.1, 0.15) is 6.42 Å². The molecule has 3 heterocycles. The second kappa shape index (κ2) is 13.8. The molecular formula is C29H31O19+. The predicted octanol–water partition coefficient (Wildman–Crippen LogP) is -1.42. The summed E-state index contributed by atoms with van der Waals surface area (Å²) in [7, 11) is 0. The van der Waals surface area contributed by atoms with Crippen molar-refractivity contribution >= 4 is 22.9 Å². The second-order valence-electron chi connectivity index (χ2n) is 10.9. The Kier molecular flexibility index (Phi) is 9.94. The van der Waals surface area contributed by atoms with Crippen molar-refractivity contribution in [3.63, 3.8) is 0 Å². The van der Waals surface area contributed by atoms with Gasteiger partial charge in [-0.3, -0.25) is 9.59 Å². The molecule has 0 saturated carbocycles. The molecule has 0 spiro atoms. The van der Waals surface area contributed by atoms with E-state index in [0.29, 0.717) is 0 Å². The zero-order valence-corrected chi connectivity index (χ0v) is 24.4. The number of carboxylic acid groups (broad SMARTS) is 1. The number of aliphatic hydroxyl groups excluding tert-OH is 5. The average molecular weight is 684 g/mol. The van der Waals surface area contributed by atoms with E-state index in [4.69, 9.17) is 33.2 Å². The van der Waals surface area contributed by atoms with Crippen molar-refractivity contribution in [2.24, 2.45) is 0 Å². The number of benzene rings is 2. The van der Waals surface area contributed by atoms with Crippen LogP contribution >= 0.6 is 0 Å². The number of aliphatic hydroxyl groups is 5. The molecule has 19 heteroatoms. The number of phenols is 5. The number of hydrogen-bond acceptors (Lipinski definition) is 17. The summed E-state index contributed by atoms with van der Waals surface area (Å²) in [4.78, 5) is 22.7. The Balaban J connectivity index is 1.57. The minimum absolute atomic E-state index is 0.0741. The maximum Gasteiger partial charge on any atom is 0.402 e. The van der Waals surface area contributed by atoms with Crippen LogP contribution in [0, 0.1) is 0 Å². The predicted molar refractivity (Wildman–Crippen MR) is 152 cm³/mol. The van der Waals surface area contributed by atoms with Crippen molar-refractivity contribution in [2.75, 3.05) is 13.2 Å². The Morgan fingerprint density at radius 3 is 2.19 bits per heavy atom. The quantitative estimate of drug-likeness (QED) is 0.0533. The second-order valence-corrected chi connectivity index (χ2v) is 10.9. The van der Waals surface area contributed by atoms with Crippen LogP contribution in [0.3, 0.4) is 0 Å². The van der Waals surface area contributed by atoms with Gasteiger partial charge in [0.1, 0.15) is 66.5 Å². The van der Waals surface area contributed by atoms with Crippen LogP contribution in [0.2, 0.25) is 0 Å². The molecule has 2 aromatic carbocycles. The van der Waals surface area contributed by atoms with Gasteiger partial charge in [-0.25, -0.2) is 4.42 Å². The van der Waals surface area contributed by atoms with Crippen LogP contribution in [-0.4, -0.2) is 137 Å². The van der Waals surface area contributed by atoms with Crippen LogP contribution < -0.4 is 4.74 Å². The van der Waals surface area contributed by atoms with E-state index in [0.717, 1.165) is 30.3 Å². The molecule has 3 aromatic rings. The zero-order chi connectivity index (χ0) is 35.0. The van der Waals surface area contributed by atoms with E-state index in [1.165, 1.54) is 0 Å². The van der Waals surface area contributed by atoms with E-state index in [1.807, 2.05) is 0 Å². The first-order chi connectivity index (χ1) is 22.6. The minimum Gasteiger partial charge on any atom is -0.507 e. The lowest BCUT2D eigenvalue weighted by molar-refractivity contribution is -0.345. The molecule has 2 saturated heterocycles. The maximum absolute atomic E-state index is 11.9. The summed E-state index contributed by atoms with van der Waals surface area (Å²) in [6, 6.07) is 5.12. The smallest absolute Gasteiger partial charge is 0.402 e. The highest BCUT2D eigenvalue weighted by Crippen LogP contribution is 2.45. The van der Waals surface area contributed by atoms with Gasteiger partial charge in [0.15, 0.2) is 29.6 Å². The van der Waals surface area contributed by atoms with Gasteiger partial charge in [0.25, 0.3) is 0 Å². The molecule has 5 rings (SSSR count). The molecular weight excluding hydrogens is 652 g/mol. The molecule has 260 valence electrons. The fourth-order valence-electron chi connectivity index (χ4n) is 5.02. The third-order valence-corrected chi connectivity index (χ3v) is 7.49. The van der Waals surface area contributed by atoms with Gasteiger partial charge in [0, 0.05) is 24.3 Å². The van der Waals surface area contributed by atoms with Gasteiger partial charge in [0.05, 0.1) is 18.2 Å². The number of carbonyl (C=O) groups is 2. The number of esters is 1. The van der Waals surface area contributed by atoms with E-state index in [-0.39, 0.29) is 22.3 Å². The summed E-state index contributed by atoms with van der Waals surface area (Å²) in [6.07, 6.45) is -17.2. The van der Waals surface area contributed by atoms with Crippen molar-refractivity contribution in [3.05, 3.63) is 30.3 Å². The Labute approximate surface area is 268 Å². The molecule has 1 aromatic heterocycles. The van der Waals surface area contributed by atoms with Gasteiger partial charge in [0.2, 0.25) is 12.0 Å². The summed E-state index contributed by atoms with van der Waals surface area (Å²) in [6.45, 7) is -1.32. The first-order valence-corrected chi connectivity index (χ1v) is 14.1. The highest BCUT2D eigenvalue weighted by molar-refractivity contribution is 5.90. The van der Waals surface area contributed by atoms with Crippen LogP contribution in [0.15, 0.2) is 34.7 Å². The summed E-state index contributed by atoms with van der Waals surface area (Å²) >= 11 is 0. The molecule has 0 amide bonds. The van der Waals surface area contributed by atoms with Crippen LogP contribution in [0.5, 0.6) is 34.5 Å². The summed E-state index contributed by atoms with van der Waals surface area (Å²) < 4.78 is 33.4. The van der Waals surface area contributed by atoms with Gasteiger partial charge in [-0.15, -0.1) is 0 Å². The molecule has 19 nitrogen and oxygen atoms in total. The van der Waals surface area contributed by atoms with E-state index in [2.05, 4.69) is 0 Å². The third-order valence-electron chi connectivity index (χ3n) is 7.49. The molecule has 2 aliphatic rings. The van der Waals surface area contributed by atoms with Crippen LogP contribution in [0.25, 0.3) is 22.3 Å². The van der Waals surface area contributed by atoms with E-state index >= 15 is 0 Å². The van der Waals surface area contributed by atoms with E-state index in [1.54, 1.807) is 0 Å². The molecule has 0 unspecified atom stereocenters. The number of ether oxygens (including phenoxy) is 5. The average Bonchev–Trinajstić information content (AvgIpc) is 3.02. The minimum atomic E-state index is -2.00. The van der Waals surface area contributed by atoms with Gasteiger partial charge in [-0.1, -0.05) is 0 Å². The number of fused-ring (bicyclic) bond motifs is 1. The van der Waals surface area contributed by atoms with Crippen molar-refractivity contribution in [2.45, 2.75) is 61.7 Å². The molecule has 0 radical (unpaired) electrons. The third kappa shape index (κ3) is 7.07. The SMILES string of the molecule is O=C(O)CC(=O)OC[C@H]1O[C@@H](Oc2cc3c(O)cc(O)cc3[o+]c2-c2cc(O)c(O)c(O)c2)[C@H](O[C@@H]2OC[C@@H](O)[C@H](O)[C@H]2O)[C@@H](O)[C@@H]1O.